The van der Waals surface area contributed by atoms with Gasteiger partial charge in [0, 0.05) is 32.2 Å². The fraction of sp³-hybridized carbons (Fsp3) is 0.560. The Morgan fingerprint density at radius 2 is 1.74 bits per heavy atom. The average molecular weight is 421 g/mol. The molecule has 0 spiro atoms. The Morgan fingerprint density at radius 1 is 0.968 bits per heavy atom. The minimum absolute atomic E-state index is 0.252. The Kier molecular flexibility index (Phi) is 5.90. The number of nitrogens with zero attached hydrogens (tertiary/aromatic N) is 4. The highest BCUT2D eigenvalue weighted by Gasteiger charge is 2.27. The van der Waals surface area contributed by atoms with Gasteiger partial charge in [-0.2, -0.15) is 0 Å². The summed E-state index contributed by atoms with van der Waals surface area (Å²) in [6, 6.07) is 8.13. The van der Waals surface area contributed by atoms with Crippen LogP contribution in [0.15, 0.2) is 30.6 Å². The second-order valence-corrected chi connectivity index (χ2v) is 9.16. The second-order valence-electron chi connectivity index (χ2n) is 9.16. The van der Waals surface area contributed by atoms with Crippen molar-refractivity contribution in [3.8, 4) is 0 Å². The molecule has 164 valence electrons. The Labute approximate surface area is 184 Å². The number of hydrogen-bond donors (Lipinski definition) is 0. The maximum atomic E-state index is 11.6. The number of anilines is 1. The van der Waals surface area contributed by atoms with Crippen molar-refractivity contribution >= 4 is 11.8 Å². The van der Waals surface area contributed by atoms with E-state index in [9.17, 15) is 4.79 Å². The Morgan fingerprint density at radius 3 is 2.39 bits per heavy atom. The molecule has 2 fully saturated rings. The number of ether oxygens (including phenoxy) is 1. The SMILES string of the molecule is COC(=O)c1cnc(N2CCC(c3ccc4c(c3)CCN(C3CCC3)CC4)CC2)cn1. The van der Waals surface area contributed by atoms with Crippen LogP contribution in [0.25, 0.3) is 0 Å². The van der Waals surface area contributed by atoms with Crippen molar-refractivity contribution in [2.24, 2.45) is 0 Å². The molecule has 0 N–H and O–H groups in total. The fourth-order valence-electron chi connectivity index (χ4n) is 5.27. The van der Waals surface area contributed by atoms with Crippen LogP contribution in [-0.2, 0) is 17.6 Å². The third-order valence-corrected chi connectivity index (χ3v) is 7.48. The molecule has 0 amide bonds. The fourth-order valence-corrected chi connectivity index (χ4v) is 5.27. The van der Waals surface area contributed by atoms with Gasteiger partial charge in [0.05, 0.1) is 19.5 Å². The van der Waals surface area contributed by atoms with E-state index in [4.69, 9.17) is 4.74 Å². The van der Waals surface area contributed by atoms with Crippen LogP contribution in [0.3, 0.4) is 0 Å². The highest BCUT2D eigenvalue weighted by atomic mass is 16.5. The van der Waals surface area contributed by atoms with E-state index >= 15 is 0 Å². The van der Waals surface area contributed by atoms with Gasteiger partial charge in [0.2, 0.25) is 0 Å². The number of benzene rings is 1. The Hall–Kier alpha value is -2.47. The van der Waals surface area contributed by atoms with Crippen LogP contribution in [-0.4, -0.2) is 60.2 Å². The average Bonchev–Trinajstić information content (AvgIpc) is 3.00. The lowest BCUT2D eigenvalue weighted by atomic mass is 9.87. The first-order chi connectivity index (χ1) is 15.2. The van der Waals surface area contributed by atoms with Crippen molar-refractivity contribution < 1.29 is 9.53 Å². The number of methoxy groups -OCH3 is 1. The van der Waals surface area contributed by atoms with Gasteiger partial charge in [-0.15, -0.1) is 0 Å². The third-order valence-electron chi connectivity index (χ3n) is 7.48. The maximum absolute atomic E-state index is 11.6. The number of fused-ring (bicyclic) bond motifs is 1. The van der Waals surface area contributed by atoms with E-state index < -0.39 is 5.97 Å². The molecule has 6 nitrogen and oxygen atoms in total. The summed E-state index contributed by atoms with van der Waals surface area (Å²) in [4.78, 5) is 25.2. The van der Waals surface area contributed by atoms with Crippen LogP contribution in [0.5, 0.6) is 0 Å². The molecule has 6 heteroatoms. The first-order valence-corrected chi connectivity index (χ1v) is 11.7. The van der Waals surface area contributed by atoms with Crippen LogP contribution >= 0.6 is 0 Å². The summed E-state index contributed by atoms with van der Waals surface area (Å²) < 4.78 is 4.70. The molecule has 1 aliphatic carbocycles. The predicted molar refractivity (Wildman–Crippen MR) is 121 cm³/mol. The van der Waals surface area contributed by atoms with E-state index in [2.05, 4.69) is 38.0 Å². The van der Waals surface area contributed by atoms with Gasteiger partial charge >= 0.3 is 5.97 Å². The molecule has 1 saturated heterocycles. The molecule has 1 saturated carbocycles. The first kappa shape index (κ1) is 20.4. The van der Waals surface area contributed by atoms with E-state index in [1.807, 2.05) is 0 Å². The summed E-state index contributed by atoms with van der Waals surface area (Å²) in [5.74, 6) is 0.996. The minimum Gasteiger partial charge on any atom is -0.464 e. The molecule has 5 rings (SSSR count). The van der Waals surface area contributed by atoms with E-state index in [1.165, 1.54) is 64.1 Å². The molecule has 1 aromatic heterocycles. The van der Waals surface area contributed by atoms with E-state index in [0.29, 0.717) is 5.92 Å². The van der Waals surface area contributed by atoms with Crippen LogP contribution < -0.4 is 4.90 Å². The highest BCUT2D eigenvalue weighted by Crippen LogP contribution is 2.32. The summed E-state index contributed by atoms with van der Waals surface area (Å²) in [5, 5.41) is 0. The van der Waals surface area contributed by atoms with Crippen molar-refractivity contribution in [2.75, 3.05) is 38.2 Å². The number of carbonyl (C=O) groups excluding carboxylic acids is 1. The molecule has 3 heterocycles. The lowest BCUT2D eigenvalue weighted by Crippen LogP contribution is -2.41. The molecule has 3 aliphatic rings. The summed E-state index contributed by atoms with van der Waals surface area (Å²) in [7, 11) is 1.36. The zero-order valence-electron chi connectivity index (χ0n) is 18.4. The summed E-state index contributed by atoms with van der Waals surface area (Å²) in [6.07, 6.45) is 12.0. The van der Waals surface area contributed by atoms with Gasteiger partial charge in [0.25, 0.3) is 0 Å². The van der Waals surface area contributed by atoms with Crippen molar-refractivity contribution in [3.63, 3.8) is 0 Å². The molecule has 0 atom stereocenters. The first-order valence-electron chi connectivity index (χ1n) is 11.7. The number of aromatic nitrogens is 2. The minimum atomic E-state index is -0.447. The molecule has 31 heavy (non-hydrogen) atoms. The molecule has 0 radical (unpaired) electrons. The van der Waals surface area contributed by atoms with E-state index in [-0.39, 0.29) is 5.69 Å². The quantitative estimate of drug-likeness (QED) is 0.705. The summed E-state index contributed by atoms with van der Waals surface area (Å²) >= 11 is 0. The molecule has 2 aromatic rings. The van der Waals surface area contributed by atoms with Gasteiger partial charge in [-0.25, -0.2) is 14.8 Å². The van der Waals surface area contributed by atoms with Crippen molar-refractivity contribution in [3.05, 3.63) is 53.0 Å². The molecular weight excluding hydrogens is 388 g/mol. The molecule has 0 unspecified atom stereocenters. The summed E-state index contributed by atoms with van der Waals surface area (Å²) in [5.41, 5.74) is 4.89. The van der Waals surface area contributed by atoms with Gasteiger partial charge in [-0.3, -0.25) is 4.90 Å². The van der Waals surface area contributed by atoms with Gasteiger partial charge < -0.3 is 9.64 Å². The predicted octanol–water partition coefficient (Wildman–Crippen LogP) is 3.60. The van der Waals surface area contributed by atoms with Crippen LogP contribution in [0.1, 0.15) is 65.2 Å². The smallest absolute Gasteiger partial charge is 0.358 e. The van der Waals surface area contributed by atoms with E-state index in [1.54, 1.807) is 17.3 Å². The standard InChI is InChI=1S/C25H32N4O2/c1-31-25(30)23-16-27-24(17-26-23)29-13-8-19(9-14-29)20-6-5-18-7-11-28(22-3-2-4-22)12-10-21(18)15-20/h5-6,15-17,19,22H,2-4,7-14H2,1H3. The number of rotatable bonds is 4. The molecule has 2 aliphatic heterocycles. The zero-order valence-corrected chi connectivity index (χ0v) is 18.4. The third kappa shape index (κ3) is 4.31. The monoisotopic (exact) mass is 420 g/mol. The summed E-state index contributed by atoms with van der Waals surface area (Å²) in [6.45, 7) is 4.37. The topological polar surface area (TPSA) is 58.6 Å². The molecule has 0 bridgehead atoms. The largest absolute Gasteiger partial charge is 0.464 e. The van der Waals surface area contributed by atoms with Crippen molar-refractivity contribution in [1.82, 2.24) is 14.9 Å². The lowest BCUT2D eigenvalue weighted by molar-refractivity contribution is 0.0593. The van der Waals surface area contributed by atoms with Crippen molar-refractivity contribution in [1.29, 1.82) is 0 Å². The number of hydrogen-bond acceptors (Lipinski definition) is 6. The number of piperidine rings is 1. The van der Waals surface area contributed by atoms with Crippen LogP contribution in [0.2, 0.25) is 0 Å². The second kappa shape index (κ2) is 8.95. The van der Waals surface area contributed by atoms with Crippen molar-refractivity contribution in [2.45, 2.75) is 56.9 Å². The molecule has 1 aromatic carbocycles. The Bertz CT molecular complexity index is 918. The zero-order chi connectivity index (χ0) is 21.2. The number of esters is 1. The van der Waals surface area contributed by atoms with Crippen LogP contribution in [0, 0.1) is 0 Å². The highest BCUT2D eigenvalue weighted by molar-refractivity contribution is 5.86. The van der Waals surface area contributed by atoms with Gasteiger partial charge in [0.1, 0.15) is 5.82 Å². The van der Waals surface area contributed by atoms with Gasteiger partial charge in [-0.1, -0.05) is 24.6 Å². The van der Waals surface area contributed by atoms with Crippen LogP contribution in [0.4, 0.5) is 5.82 Å². The maximum Gasteiger partial charge on any atom is 0.358 e. The normalized spacial score (nSPS) is 20.6. The van der Waals surface area contributed by atoms with Gasteiger partial charge in [0.15, 0.2) is 5.69 Å². The van der Waals surface area contributed by atoms with E-state index in [0.717, 1.165) is 37.8 Å². The molecular formula is C25H32N4O2. The number of carbonyl (C=O) groups is 1. The van der Waals surface area contributed by atoms with Gasteiger partial charge in [-0.05, 0) is 61.1 Å². The Balaban J connectivity index is 1.20. The lowest BCUT2D eigenvalue weighted by Gasteiger charge is -2.36.